The van der Waals surface area contributed by atoms with Crippen LogP contribution in [0.1, 0.15) is 10.4 Å². The summed E-state index contributed by atoms with van der Waals surface area (Å²) in [7, 11) is 0. The number of hydrogen-bond acceptors (Lipinski definition) is 10. The molecule has 0 aliphatic rings. The fourth-order valence-corrected chi connectivity index (χ4v) is 2.36. The van der Waals surface area contributed by atoms with Crippen LogP contribution < -0.4 is 21.7 Å². The van der Waals surface area contributed by atoms with Crippen LogP contribution in [-0.2, 0) is 0 Å². The molecule has 31 heavy (non-hydrogen) atoms. The zero-order valence-corrected chi connectivity index (χ0v) is 15.4. The second kappa shape index (κ2) is 9.08. The van der Waals surface area contributed by atoms with Crippen molar-refractivity contribution >= 4 is 34.6 Å². The Balaban J connectivity index is 1.74. The molecule has 0 atom stereocenters. The fourth-order valence-electron chi connectivity index (χ4n) is 2.36. The summed E-state index contributed by atoms with van der Waals surface area (Å²) in [6.07, 6.45) is 0.991. The number of hydrazine groups is 2. The molecular formula is C17H13FN8O5. The van der Waals surface area contributed by atoms with E-state index in [2.05, 4.69) is 31.7 Å². The second-order valence-corrected chi connectivity index (χ2v) is 5.79. The van der Waals surface area contributed by atoms with Crippen molar-refractivity contribution in [2.45, 2.75) is 0 Å². The van der Waals surface area contributed by atoms with Gasteiger partial charge in [0, 0.05) is 12.1 Å². The van der Waals surface area contributed by atoms with Crippen LogP contribution in [0.2, 0.25) is 0 Å². The van der Waals surface area contributed by atoms with E-state index in [4.69, 9.17) is 0 Å². The highest BCUT2D eigenvalue weighted by molar-refractivity contribution is 5.95. The van der Waals surface area contributed by atoms with Crippen LogP contribution in [0.4, 0.5) is 33.1 Å². The first kappa shape index (κ1) is 20.8. The maximum Gasteiger partial charge on any atom is 0.356 e. The van der Waals surface area contributed by atoms with Crippen LogP contribution in [0.5, 0.6) is 0 Å². The number of benzene rings is 2. The zero-order valence-electron chi connectivity index (χ0n) is 15.4. The number of non-ortho nitro benzene ring substituents is 1. The lowest BCUT2D eigenvalue weighted by Gasteiger charge is -2.12. The molecule has 4 N–H and O–H groups in total. The molecule has 1 heterocycles. The predicted octanol–water partition coefficient (Wildman–Crippen LogP) is 2.63. The van der Waals surface area contributed by atoms with Gasteiger partial charge in [-0.2, -0.15) is 0 Å². The van der Waals surface area contributed by atoms with Crippen LogP contribution in [0, 0.1) is 26.0 Å². The molecule has 0 fully saturated rings. The van der Waals surface area contributed by atoms with Gasteiger partial charge in [-0.1, -0.05) is 12.1 Å². The topological polar surface area (TPSA) is 177 Å². The number of nitrogens with one attached hydrogen (secondary N) is 4. The lowest BCUT2D eigenvalue weighted by atomic mass is 10.2. The van der Waals surface area contributed by atoms with Gasteiger partial charge in [0.2, 0.25) is 11.6 Å². The monoisotopic (exact) mass is 428 g/mol. The summed E-state index contributed by atoms with van der Waals surface area (Å²) < 4.78 is 13.7. The standard InChI is InChI=1S/C17H13FN8O5/c18-13-4-2-1-3-12(13)17(27)24-23-16-14(26(30)31)15(19-9-20-16)22-21-10-5-7-11(8-6-10)25(28)29/h1-9,21H,(H,24,27)(H2,19,20,22,23). The Labute approximate surface area is 172 Å². The summed E-state index contributed by atoms with van der Waals surface area (Å²) in [6, 6.07) is 10.4. The van der Waals surface area contributed by atoms with Gasteiger partial charge in [-0.15, -0.1) is 0 Å². The van der Waals surface area contributed by atoms with Crippen molar-refractivity contribution in [2.24, 2.45) is 0 Å². The third-order valence-corrected chi connectivity index (χ3v) is 3.82. The summed E-state index contributed by atoms with van der Waals surface area (Å²) in [6.45, 7) is 0. The predicted molar refractivity (Wildman–Crippen MR) is 107 cm³/mol. The molecule has 0 spiro atoms. The maximum absolute atomic E-state index is 13.7. The summed E-state index contributed by atoms with van der Waals surface area (Å²) in [5.74, 6) is -2.27. The molecule has 1 amide bonds. The molecule has 3 aromatic rings. The molecule has 0 bridgehead atoms. The number of amides is 1. The number of halogens is 1. The lowest BCUT2D eigenvalue weighted by molar-refractivity contribution is -0.384. The minimum Gasteiger partial charge on any atom is -0.299 e. The molecule has 158 valence electrons. The molecule has 0 aliphatic heterocycles. The van der Waals surface area contributed by atoms with Crippen LogP contribution in [-0.4, -0.2) is 25.7 Å². The van der Waals surface area contributed by atoms with Crippen LogP contribution in [0.25, 0.3) is 0 Å². The largest absolute Gasteiger partial charge is 0.356 e. The summed E-state index contributed by atoms with van der Waals surface area (Å²) in [5.41, 5.74) is 8.87. The molecule has 0 aliphatic carbocycles. The first-order chi connectivity index (χ1) is 14.9. The molecular weight excluding hydrogens is 415 g/mol. The number of nitrogens with zero attached hydrogens (tertiary/aromatic N) is 4. The smallest absolute Gasteiger partial charge is 0.299 e. The normalized spacial score (nSPS) is 10.1. The zero-order chi connectivity index (χ0) is 22.4. The van der Waals surface area contributed by atoms with Crippen molar-refractivity contribution in [2.75, 3.05) is 16.3 Å². The number of carbonyl (C=O) groups excluding carboxylic acids is 1. The van der Waals surface area contributed by atoms with Crippen molar-refractivity contribution in [1.82, 2.24) is 15.4 Å². The number of nitro benzene ring substituents is 1. The molecule has 0 unspecified atom stereocenters. The van der Waals surface area contributed by atoms with Gasteiger partial charge in [0.05, 0.1) is 21.1 Å². The van der Waals surface area contributed by atoms with E-state index in [0.29, 0.717) is 5.69 Å². The first-order valence-corrected chi connectivity index (χ1v) is 8.43. The maximum atomic E-state index is 13.7. The van der Waals surface area contributed by atoms with E-state index in [1.165, 1.54) is 42.5 Å². The average Bonchev–Trinajstić information content (AvgIpc) is 2.76. The number of rotatable bonds is 8. The summed E-state index contributed by atoms with van der Waals surface area (Å²) in [4.78, 5) is 40.4. The van der Waals surface area contributed by atoms with Gasteiger partial charge in [-0.3, -0.25) is 46.7 Å². The highest BCUT2D eigenvalue weighted by Crippen LogP contribution is 2.28. The van der Waals surface area contributed by atoms with Gasteiger partial charge in [-0.25, -0.2) is 14.4 Å². The Bertz CT molecular complexity index is 1140. The number of nitro groups is 2. The van der Waals surface area contributed by atoms with Gasteiger partial charge in [-0.05, 0) is 24.3 Å². The van der Waals surface area contributed by atoms with E-state index in [1.54, 1.807) is 0 Å². The first-order valence-electron chi connectivity index (χ1n) is 8.43. The minimum absolute atomic E-state index is 0.129. The van der Waals surface area contributed by atoms with Crippen molar-refractivity contribution in [1.29, 1.82) is 0 Å². The SMILES string of the molecule is O=C(NNc1ncnc(NNc2ccc([N+](=O)[O-])cc2)c1[N+](=O)[O-])c1ccccc1F. The summed E-state index contributed by atoms with van der Waals surface area (Å²) >= 11 is 0. The third kappa shape index (κ3) is 4.94. The Morgan fingerprint density at radius 3 is 2.13 bits per heavy atom. The highest BCUT2D eigenvalue weighted by atomic mass is 19.1. The van der Waals surface area contributed by atoms with E-state index in [-0.39, 0.29) is 22.9 Å². The minimum atomic E-state index is -0.871. The Morgan fingerprint density at radius 2 is 1.52 bits per heavy atom. The summed E-state index contributed by atoms with van der Waals surface area (Å²) in [5, 5.41) is 22.2. The van der Waals surface area contributed by atoms with Gasteiger partial charge >= 0.3 is 5.69 Å². The number of aromatic nitrogens is 2. The van der Waals surface area contributed by atoms with Gasteiger partial charge in [0.25, 0.3) is 11.6 Å². The molecule has 0 saturated heterocycles. The van der Waals surface area contributed by atoms with Crippen molar-refractivity contribution in [3.63, 3.8) is 0 Å². The van der Waals surface area contributed by atoms with Gasteiger partial charge in [0.1, 0.15) is 12.1 Å². The van der Waals surface area contributed by atoms with Crippen molar-refractivity contribution < 1.29 is 19.0 Å². The third-order valence-electron chi connectivity index (χ3n) is 3.82. The van der Waals surface area contributed by atoms with E-state index in [9.17, 15) is 29.4 Å². The van der Waals surface area contributed by atoms with Crippen LogP contribution >= 0.6 is 0 Å². The molecule has 0 saturated carbocycles. The van der Waals surface area contributed by atoms with E-state index >= 15 is 0 Å². The van der Waals surface area contributed by atoms with E-state index < -0.39 is 27.3 Å². The quantitative estimate of drug-likeness (QED) is 0.308. The van der Waals surface area contributed by atoms with Gasteiger partial charge in [0.15, 0.2) is 0 Å². The lowest BCUT2D eigenvalue weighted by Crippen LogP contribution is -2.31. The highest BCUT2D eigenvalue weighted by Gasteiger charge is 2.24. The molecule has 3 rings (SSSR count). The molecule has 0 radical (unpaired) electrons. The van der Waals surface area contributed by atoms with Crippen LogP contribution in [0.3, 0.4) is 0 Å². The van der Waals surface area contributed by atoms with Crippen molar-refractivity contribution in [3.8, 4) is 0 Å². The Kier molecular flexibility index (Phi) is 6.10. The van der Waals surface area contributed by atoms with Crippen LogP contribution in [0.15, 0.2) is 54.9 Å². The Morgan fingerprint density at radius 1 is 0.871 bits per heavy atom. The molecule has 14 heteroatoms. The number of anilines is 3. The molecule has 2 aromatic carbocycles. The molecule has 13 nitrogen and oxygen atoms in total. The van der Waals surface area contributed by atoms with Gasteiger partial charge < -0.3 is 0 Å². The van der Waals surface area contributed by atoms with Crippen molar-refractivity contribution in [3.05, 3.63) is 86.5 Å². The average molecular weight is 428 g/mol. The molecule has 1 aromatic heterocycles. The second-order valence-electron chi connectivity index (χ2n) is 5.79. The van der Waals surface area contributed by atoms with E-state index in [1.807, 2.05) is 0 Å². The number of carbonyl (C=O) groups is 1. The number of hydrogen-bond donors (Lipinski definition) is 4. The Hall–Kier alpha value is -4.88. The fraction of sp³-hybridized carbons (Fsp3) is 0. The van der Waals surface area contributed by atoms with E-state index in [0.717, 1.165) is 12.4 Å².